The summed E-state index contributed by atoms with van der Waals surface area (Å²) in [5.74, 6) is -0.287. The first-order valence-electron chi connectivity index (χ1n) is 11.9. The number of thiophene rings is 1. The predicted molar refractivity (Wildman–Crippen MR) is 129 cm³/mol. The molecule has 6 nitrogen and oxygen atoms in total. The highest BCUT2D eigenvalue weighted by molar-refractivity contribution is 7.14. The van der Waals surface area contributed by atoms with E-state index in [0.29, 0.717) is 17.9 Å². The molecule has 2 heterocycles. The summed E-state index contributed by atoms with van der Waals surface area (Å²) in [5.41, 5.74) is 1.83. The van der Waals surface area contributed by atoms with Gasteiger partial charge in [-0.3, -0.25) is 4.79 Å². The van der Waals surface area contributed by atoms with Crippen LogP contribution in [0.2, 0.25) is 0 Å². The van der Waals surface area contributed by atoms with Crippen LogP contribution in [-0.2, 0) is 14.3 Å². The van der Waals surface area contributed by atoms with Gasteiger partial charge in [0.15, 0.2) is 0 Å². The van der Waals surface area contributed by atoms with Gasteiger partial charge in [0.25, 0.3) is 0 Å². The quantitative estimate of drug-likeness (QED) is 0.322. The van der Waals surface area contributed by atoms with Crippen molar-refractivity contribution in [3.63, 3.8) is 0 Å². The van der Waals surface area contributed by atoms with E-state index in [2.05, 4.69) is 12.2 Å². The fraction of sp³-hybridized carbons (Fsp3) is 0.538. The molecule has 3 atom stereocenters. The lowest BCUT2D eigenvalue weighted by molar-refractivity contribution is -0.119. The predicted octanol–water partition coefficient (Wildman–Crippen LogP) is 5.31. The zero-order chi connectivity index (χ0) is 23.8. The number of carbonyl (C=O) groups is 2. The van der Waals surface area contributed by atoms with Crippen LogP contribution in [0, 0.1) is 0 Å². The van der Waals surface area contributed by atoms with E-state index >= 15 is 0 Å². The van der Waals surface area contributed by atoms with Gasteiger partial charge in [-0.05, 0) is 49.9 Å². The smallest absolute Gasteiger partial charge is 0.348 e. The monoisotopic (exact) mass is 473 g/mol. The zero-order valence-corrected chi connectivity index (χ0v) is 20.5. The van der Waals surface area contributed by atoms with E-state index in [0.717, 1.165) is 48.1 Å². The van der Waals surface area contributed by atoms with Crippen LogP contribution in [-0.4, -0.2) is 35.7 Å². The second-order valence-electron chi connectivity index (χ2n) is 8.85. The second kappa shape index (κ2) is 12.3. The van der Waals surface area contributed by atoms with E-state index < -0.39 is 6.10 Å². The summed E-state index contributed by atoms with van der Waals surface area (Å²) in [7, 11) is 0. The highest BCUT2D eigenvalue weighted by atomic mass is 32.1. The number of aliphatic hydroxyl groups is 1. The van der Waals surface area contributed by atoms with Crippen LogP contribution in [0.4, 0.5) is 0 Å². The molecule has 0 aliphatic carbocycles. The molecule has 0 spiro atoms. The Balaban J connectivity index is 1.76. The summed E-state index contributed by atoms with van der Waals surface area (Å²) in [6.07, 6.45) is 4.24. The van der Waals surface area contributed by atoms with E-state index in [-0.39, 0.29) is 30.1 Å². The van der Waals surface area contributed by atoms with Crippen molar-refractivity contribution in [1.29, 1.82) is 0 Å². The number of aliphatic hydroxyl groups excluding tert-OH is 1. The van der Waals surface area contributed by atoms with Crippen LogP contribution < -0.4 is 5.32 Å². The second-order valence-corrected chi connectivity index (χ2v) is 9.97. The zero-order valence-electron chi connectivity index (χ0n) is 19.7. The Morgan fingerprint density at radius 1 is 1.15 bits per heavy atom. The summed E-state index contributed by atoms with van der Waals surface area (Å²) < 4.78 is 11.6. The highest BCUT2D eigenvalue weighted by Crippen LogP contribution is 2.33. The summed E-state index contributed by atoms with van der Waals surface area (Å²) in [5, 5.41) is 13.4. The first-order chi connectivity index (χ1) is 15.9. The Kier molecular flexibility index (Phi) is 9.47. The molecule has 1 aliphatic heterocycles. The minimum Gasteiger partial charge on any atom is -0.459 e. The van der Waals surface area contributed by atoms with Crippen molar-refractivity contribution in [2.45, 2.75) is 83.6 Å². The van der Waals surface area contributed by atoms with Crippen molar-refractivity contribution in [3.8, 4) is 0 Å². The molecule has 1 aliphatic rings. The normalized spacial score (nSPS) is 17.7. The number of benzene rings is 1. The Morgan fingerprint density at radius 2 is 1.88 bits per heavy atom. The molecular formula is C26H35NO5S. The lowest BCUT2D eigenvalue weighted by atomic mass is 10.00. The number of unbranched alkanes of at least 4 members (excludes halogenated alkanes) is 2. The lowest BCUT2D eigenvalue weighted by Crippen LogP contribution is -2.30. The standard InChI is InChI=1S/C26H35NO5S/c1-4-5-6-7-21(28)18-8-10-19(11-9-18)25(31-16-20-12-15-24(29)27-20)22-13-14-23(33-22)26(30)32-17(2)3/h8-11,13-14,17,20-21,25,28H,4-7,12,15-16H2,1-3H3,(H,27,29). The summed E-state index contributed by atoms with van der Waals surface area (Å²) in [4.78, 5) is 25.3. The average Bonchev–Trinajstić information content (AvgIpc) is 3.43. The van der Waals surface area contributed by atoms with Crippen molar-refractivity contribution in [2.75, 3.05) is 6.61 Å². The van der Waals surface area contributed by atoms with Crippen LogP contribution in [0.25, 0.3) is 0 Å². The van der Waals surface area contributed by atoms with E-state index in [1.807, 2.05) is 44.2 Å². The molecule has 3 rings (SSSR count). The van der Waals surface area contributed by atoms with Gasteiger partial charge in [-0.1, -0.05) is 50.5 Å². The van der Waals surface area contributed by atoms with E-state index in [1.165, 1.54) is 11.3 Å². The number of rotatable bonds is 12. The first-order valence-corrected chi connectivity index (χ1v) is 12.7. The van der Waals surface area contributed by atoms with Crippen LogP contribution >= 0.6 is 11.3 Å². The van der Waals surface area contributed by atoms with Gasteiger partial charge in [0.05, 0.1) is 24.9 Å². The van der Waals surface area contributed by atoms with Crippen molar-refractivity contribution in [3.05, 3.63) is 57.3 Å². The van der Waals surface area contributed by atoms with Crippen LogP contribution in [0.1, 0.15) is 97.2 Å². The molecule has 1 aromatic carbocycles. The largest absolute Gasteiger partial charge is 0.459 e. The van der Waals surface area contributed by atoms with Gasteiger partial charge in [0.2, 0.25) is 5.91 Å². The summed E-state index contributed by atoms with van der Waals surface area (Å²) in [6, 6.07) is 11.5. The van der Waals surface area contributed by atoms with Crippen LogP contribution in [0.15, 0.2) is 36.4 Å². The molecular weight excluding hydrogens is 438 g/mol. The van der Waals surface area contributed by atoms with Crippen molar-refractivity contribution in [1.82, 2.24) is 5.32 Å². The molecule has 0 bridgehead atoms. The van der Waals surface area contributed by atoms with Gasteiger partial charge < -0.3 is 19.9 Å². The maximum Gasteiger partial charge on any atom is 0.348 e. The summed E-state index contributed by atoms with van der Waals surface area (Å²) in [6.45, 7) is 6.19. The maximum absolute atomic E-state index is 12.3. The van der Waals surface area contributed by atoms with Crippen molar-refractivity contribution in [2.24, 2.45) is 0 Å². The molecule has 0 radical (unpaired) electrons. The number of amides is 1. The number of nitrogens with one attached hydrogen (secondary N) is 1. The van der Waals surface area contributed by atoms with E-state index in [4.69, 9.17) is 9.47 Å². The Hall–Kier alpha value is -2.22. The number of hydrogen-bond acceptors (Lipinski definition) is 6. The number of carbonyl (C=O) groups excluding carboxylic acids is 2. The molecule has 33 heavy (non-hydrogen) atoms. The summed E-state index contributed by atoms with van der Waals surface area (Å²) >= 11 is 1.36. The topological polar surface area (TPSA) is 84.9 Å². The third-order valence-electron chi connectivity index (χ3n) is 5.68. The van der Waals surface area contributed by atoms with Gasteiger partial charge in [0, 0.05) is 11.3 Å². The molecule has 2 aromatic rings. The third-order valence-corrected chi connectivity index (χ3v) is 6.79. The molecule has 0 saturated carbocycles. The third kappa shape index (κ3) is 7.39. The van der Waals surface area contributed by atoms with Gasteiger partial charge in [-0.25, -0.2) is 4.79 Å². The van der Waals surface area contributed by atoms with Crippen molar-refractivity contribution >= 4 is 23.2 Å². The minimum atomic E-state index is -0.474. The first kappa shape index (κ1) is 25.4. The Labute approximate surface area is 200 Å². The Morgan fingerprint density at radius 3 is 2.52 bits per heavy atom. The average molecular weight is 474 g/mol. The fourth-order valence-corrected chi connectivity index (χ4v) is 4.85. The maximum atomic E-state index is 12.3. The molecule has 1 saturated heterocycles. The molecule has 7 heteroatoms. The van der Waals surface area contributed by atoms with Gasteiger partial charge in [0.1, 0.15) is 11.0 Å². The highest BCUT2D eigenvalue weighted by Gasteiger charge is 2.25. The Bertz CT molecular complexity index is 908. The van der Waals surface area contributed by atoms with E-state index in [1.54, 1.807) is 6.07 Å². The van der Waals surface area contributed by atoms with Crippen LogP contribution in [0.5, 0.6) is 0 Å². The lowest BCUT2D eigenvalue weighted by Gasteiger charge is -2.21. The van der Waals surface area contributed by atoms with Crippen molar-refractivity contribution < 1.29 is 24.2 Å². The molecule has 180 valence electrons. The molecule has 1 amide bonds. The van der Waals surface area contributed by atoms with Gasteiger partial charge in [-0.15, -0.1) is 11.3 Å². The fourth-order valence-electron chi connectivity index (χ4n) is 3.88. The number of ether oxygens (including phenoxy) is 2. The molecule has 1 aromatic heterocycles. The number of hydrogen-bond donors (Lipinski definition) is 2. The van der Waals surface area contributed by atoms with E-state index in [9.17, 15) is 14.7 Å². The van der Waals surface area contributed by atoms with Gasteiger partial charge in [-0.2, -0.15) is 0 Å². The van der Waals surface area contributed by atoms with Gasteiger partial charge >= 0.3 is 5.97 Å². The SMILES string of the molecule is CCCCCC(O)c1ccc(C(OCC2CCC(=O)N2)c2ccc(C(=O)OC(C)C)s2)cc1. The molecule has 2 N–H and O–H groups in total. The molecule has 1 fully saturated rings. The molecule has 3 unspecified atom stereocenters. The van der Waals surface area contributed by atoms with Crippen LogP contribution in [0.3, 0.4) is 0 Å². The number of esters is 1. The minimum absolute atomic E-state index is 0.00926.